The Labute approximate surface area is 85.8 Å². The monoisotopic (exact) mass is 213 g/mol. The fourth-order valence-electron chi connectivity index (χ4n) is 1.07. The Bertz CT molecular complexity index is 326. The van der Waals surface area contributed by atoms with E-state index in [2.05, 4.69) is 10.6 Å². The van der Waals surface area contributed by atoms with Gasteiger partial charge in [0.1, 0.15) is 5.78 Å². The van der Waals surface area contributed by atoms with Crippen molar-refractivity contribution in [3.05, 3.63) is 0 Å². The molecule has 7 nitrogen and oxygen atoms in total. The summed E-state index contributed by atoms with van der Waals surface area (Å²) in [6.45, 7) is 1.52. The predicted octanol–water partition coefficient (Wildman–Crippen LogP) is -1.76. The van der Waals surface area contributed by atoms with Crippen LogP contribution in [0.1, 0.15) is 6.92 Å². The summed E-state index contributed by atoms with van der Waals surface area (Å²) in [6, 6.07) is -0.718. The molecule has 0 aromatic heterocycles. The molecule has 15 heavy (non-hydrogen) atoms. The smallest absolute Gasteiger partial charge is 0.324 e. The number of amides is 4. The largest absolute Gasteiger partial charge is 0.346 e. The van der Waals surface area contributed by atoms with Crippen LogP contribution in [0, 0.1) is 0 Å². The van der Waals surface area contributed by atoms with Crippen molar-refractivity contribution in [3.8, 4) is 0 Å². The van der Waals surface area contributed by atoms with E-state index in [4.69, 9.17) is 0 Å². The van der Waals surface area contributed by atoms with Gasteiger partial charge in [-0.25, -0.2) is 4.79 Å². The van der Waals surface area contributed by atoms with Crippen molar-refractivity contribution in [1.29, 1.82) is 0 Å². The van der Waals surface area contributed by atoms with Crippen LogP contribution in [0.2, 0.25) is 0 Å². The van der Waals surface area contributed by atoms with E-state index in [9.17, 15) is 19.2 Å². The van der Waals surface area contributed by atoms with Gasteiger partial charge in [-0.2, -0.15) is 0 Å². The highest BCUT2D eigenvalue weighted by molar-refractivity contribution is 6.38. The minimum Gasteiger partial charge on any atom is -0.346 e. The van der Waals surface area contributed by atoms with E-state index < -0.39 is 17.8 Å². The molecule has 1 aliphatic rings. The Morgan fingerprint density at radius 1 is 1.47 bits per heavy atom. The van der Waals surface area contributed by atoms with Gasteiger partial charge >= 0.3 is 17.8 Å². The van der Waals surface area contributed by atoms with Gasteiger partial charge in [-0.3, -0.25) is 19.3 Å². The summed E-state index contributed by atoms with van der Waals surface area (Å²) in [5, 5.41) is 4.54. The van der Waals surface area contributed by atoms with Crippen LogP contribution in [0.3, 0.4) is 0 Å². The molecule has 0 aliphatic carbocycles. The standard InChI is InChI=1S/C8H11N3O4/c1-5(12)4-10-8(15)11-3-2-9-6(13)7(11)14/h2-4H2,1H3,(H,9,13)(H,10,15). The average molecular weight is 213 g/mol. The van der Waals surface area contributed by atoms with Gasteiger partial charge in [0.2, 0.25) is 0 Å². The number of Topliss-reactive ketones (excluding diaryl/α,β-unsaturated/α-hetero) is 1. The molecule has 0 spiro atoms. The summed E-state index contributed by atoms with van der Waals surface area (Å²) in [4.78, 5) is 44.8. The fourth-order valence-corrected chi connectivity index (χ4v) is 1.07. The molecule has 0 atom stereocenters. The number of carbonyl (C=O) groups excluding carboxylic acids is 4. The zero-order chi connectivity index (χ0) is 11.4. The van der Waals surface area contributed by atoms with Gasteiger partial charge in [-0.05, 0) is 6.92 Å². The zero-order valence-corrected chi connectivity index (χ0v) is 8.20. The molecule has 0 bridgehead atoms. The number of nitrogens with zero attached hydrogens (tertiary/aromatic N) is 1. The highest BCUT2D eigenvalue weighted by Crippen LogP contribution is 1.95. The van der Waals surface area contributed by atoms with Crippen LogP contribution in [0.4, 0.5) is 4.79 Å². The summed E-state index contributed by atoms with van der Waals surface area (Å²) in [5.41, 5.74) is 0. The van der Waals surface area contributed by atoms with E-state index in [1.165, 1.54) is 6.92 Å². The lowest BCUT2D eigenvalue weighted by atomic mass is 10.3. The Balaban J connectivity index is 2.54. The molecule has 1 fully saturated rings. The molecule has 0 aromatic carbocycles. The lowest BCUT2D eigenvalue weighted by Crippen LogP contribution is -2.57. The Morgan fingerprint density at radius 2 is 2.13 bits per heavy atom. The molecule has 7 heteroatoms. The van der Waals surface area contributed by atoms with Crippen molar-refractivity contribution in [2.24, 2.45) is 0 Å². The summed E-state index contributed by atoms with van der Waals surface area (Å²) in [5.74, 6) is -1.93. The van der Waals surface area contributed by atoms with E-state index in [-0.39, 0.29) is 25.4 Å². The van der Waals surface area contributed by atoms with E-state index in [1.807, 2.05) is 0 Å². The van der Waals surface area contributed by atoms with E-state index >= 15 is 0 Å². The maximum atomic E-state index is 11.3. The molecule has 0 unspecified atom stereocenters. The number of carbonyl (C=O) groups is 4. The Hall–Kier alpha value is -1.92. The minimum absolute atomic E-state index is 0.119. The Kier molecular flexibility index (Phi) is 3.37. The molecular weight excluding hydrogens is 202 g/mol. The topological polar surface area (TPSA) is 95.6 Å². The number of urea groups is 1. The molecule has 0 radical (unpaired) electrons. The van der Waals surface area contributed by atoms with Crippen LogP contribution in [0.25, 0.3) is 0 Å². The highest BCUT2D eigenvalue weighted by Gasteiger charge is 2.30. The van der Waals surface area contributed by atoms with Crippen molar-refractivity contribution >= 4 is 23.6 Å². The SMILES string of the molecule is CC(=O)CNC(=O)N1CCNC(=O)C1=O. The lowest BCUT2D eigenvalue weighted by Gasteiger charge is -2.24. The molecule has 1 heterocycles. The molecule has 0 aromatic rings. The number of hydrogen-bond donors (Lipinski definition) is 2. The van der Waals surface area contributed by atoms with Gasteiger partial charge < -0.3 is 10.6 Å². The van der Waals surface area contributed by atoms with Crippen molar-refractivity contribution in [2.45, 2.75) is 6.92 Å². The molecule has 2 N–H and O–H groups in total. The first-order valence-corrected chi connectivity index (χ1v) is 4.39. The van der Waals surface area contributed by atoms with Gasteiger partial charge in [-0.1, -0.05) is 0 Å². The van der Waals surface area contributed by atoms with Crippen LogP contribution in [-0.4, -0.2) is 48.2 Å². The first kappa shape index (κ1) is 11.2. The molecular formula is C8H11N3O4. The van der Waals surface area contributed by atoms with Gasteiger partial charge in [0.25, 0.3) is 0 Å². The van der Waals surface area contributed by atoms with Crippen molar-refractivity contribution in [1.82, 2.24) is 15.5 Å². The van der Waals surface area contributed by atoms with Gasteiger partial charge in [0.05, 0.1) is 6.54 Å². The van der Waals surface area contributed by atoms with E-state index in [0.29, 0.717) is 0 Å². The third-order valence-electron chi connectivity index (χ3n) is 1.79. The third kappa shape index (κ3) is 2.76. The second-order valence-corrected chi connectivity index (χ2v) is 3.07. The number of imide groups is 1. The second-order valence-electron chi connectivity index (χ2n) is 3.07. The van der Waals surface area contributed by atoms with Gasteiger partial charge in [0, 0.05) is 13.1 Å². The quantitative estimate of drug-likeness (QED) is 0.531. The van der Waals surface area contributed by atoms with Crippen LogP contribution in [0.5, 0.6) is 0 Å². The maximum Gasteiger partial charge on any atom is 0.324 e. The average Bonchev–Trinajstić information content (AvgIpc) is 2.18. The number of ketones is 1. The van der Waals surface area contributed by atoms with Gasteiger partial charge in [0.15, 0.2) is 0 Å². The van der Waals surface area contributed by atoms with Gasteiger partial charge in [-0.15, -0.1) is 0 Å². The first-order valence-electron chi connectivity index (χ1n) is 4.39. The highest BCUT2D eigenvalue weighted by atomic mass is 16.2. The number of hydrogen-bond acceptors (Lipinski definition) is 4. The summed E-state index contributed by atoms with van der Waals surface area (Å²) in [6.07, 6.45) is 0. The minimum atomic E-state index is -0.901. The van der Waals surface area contributed by atoms with Crippen molar-refractivity contribution < 1.29 is 19.2 Å². The Morgan fingerprint density at radius 3 is 2.73 bits per heavy atom. The normalized spacial score (nSPS) is 15.9. The van der Waals surface area contributed by atoms with Crippen molar-refractivity contribution in [3.63, 3.8) is 0 Å². The summed E-state index contributed by atoms with van der Waals surface area (Å²) < 4.78 is 0. The molecule has 0 saturated carbocycles. The third-order valence-corrected chi connectivity index (χ3v) is 1.79. The molecule has 1 rings (SSSR count). The first-order chi connectivity index (χ1) is 7.02. The van der Waals surface area contributed by atoms with E-state index in [1.54, 1.807) is 0 Å². The molecule has 4 amide bonds. The molecule has 82 valence electrons. The molecule has 1 saturated heterocycles. The molecule has 1 aliphatic heterocycles. The maximum absolute atomic E-state index is 11.3. The van der Waals surface area contributed by atoms with E-state index in [0.717, 1.165) is 4.90 Å². The van der Waals surface area contributed by atoms with Crippen LogP contribution in [0.15, 0.2) is 0 Å². The number of rotatable bonds is 2. The number of piperazine rings is 1. The predicted molar refractivity (Wildman–Crippen MR) is 48.8 cm³/mol. The summed E-state index contributed by atoms with van der Waals surface area (Å²) >= 11 is 0. The summed E-state index contributed by atoms with van der Waals surface area (Å²) in [7, 11) is 0. The second kappa shape index (κ2) is 4.54. The fraction of sp³-hybridized carbons (Fsp3) is 0.500. The lowest BCUT2D eigenvalue weighted by molar-refractivity contribution is -0.145. The zero-order valence-electron chi connectivity index (χ0n) is 8.20. The number of nitrogens with one attached hydrogen (secondary N) is 2. The van der Waals surface area contributed by atoms with Crippen LogP contribution < -0.4 is 10.6 Å². The van der Waals surface area contributed by atoms with Crippen molar-refractivity contribution in [2.75, 3.05) is 19.6 Å². The van der Waals surface area contributed by atoms with Crippen LogP contribution >= 0.6 is 0 Å². The van der Waals surface area contributed by atoms with Crippen LogP contribution in [-0.2, 0) is 14.4 Å².